The number of rotatable bonds is 7. The minimum absolute atomic E-state index is 0.0289. The van der Waals surface area contributed by atoms with Crippen LogP contribution in [0.1, 0.15) is 23.2 Å². The molecule has 1 aliphatic rings. The number of carbonyl (C=O) groups is 2. The van der Waals surface area contributed by atoms with Gasteiger partial charge in [0.1, 0.15) is 18.1 Å². The highest BCUT2D eigenvalue weighted by atomic mass is 16.5. The molecule has 3 aromatic carbocycles. The Morgan fingerprint density at radius 2 is 1.75 bits per heavy atom. The van der Waals surface area contributed by atoms with Crippen LogP contribution in [0.2, 0.25) is 0 Å². The Morgan fingerprint density at radius 3 is 2.53 bits per heavy atom. The fourth-order valence-electron chi connectivity index (χ4n) is 4.19. The van der Waals surface area contributed by atoms with Crippen molar-refractivity contribution in [2.45, 2.75) is 12.8 Å². The van der Waals surface area contributed by atoms with E-state index in [0.717, 1.165) is 35.1 Å². The lowest BCUT2D eigenvalue weighted by Crippen LogP contribution is -2.46. The van der Waals surface area contributed by atoms with Gasteiger partial charge in [-0.15, -0.1) is 0 Å². The van der Waals surface area contributed by atoms with Crippen molar-refractivity contribution < 1.29 is 19.1 Å². The van der Waals surface area contributed by atoms with Crippen molar-refractivity contribution in [1.29, 1.82) is 0 Å². The number of hydrogen-bond acceptors (Lipinski definition) is 4. The van der Waals surface area contributed by atoms with Crippen LogP contribution in [0.3, 0.4) is 0 Å². The number of benzene rings is 3. The molecule has 1 N–H and O–H groups in total. The first-order valence-electron chi connectivity index (χ1n) is 11.0. The second-order valence-corrected chi connectivity index (χ2v) is 7.90. The standard InChI is InChI=1S/C26H28N2O4/c1-31-24-14-13-23(21-11-5-6-12-22(21)24)26(30)28-16-7-8-19(18-28)25(29)27-15-17-32-20-9-3-2-4-10-20/h2-6,9-14,19H,7-8,15-18H2,1H3,(H,27,29). The maximum Gasteiger partial charge on any atom is 0.254 e. The number of ether oxygens (including phenoxy) is 2. The molecule has 0 aromatic heterocycles. The summed E-state index contributed by atoms with van der Waals surface area (Å²) in [7, 11) is 1.63. The molecular weight excluding hydrogens is 404 g/mol. The fourth-order valence-corrected chi connectivity index (χ4v) is 4.19. The normalized spacial score (nSPS) is 15.9. The molecule has 4 rings (SSSR count). The van der Waals surface area contributed by atoms with Crippen molar-refractivity contribution in [3.63, 3.8) is 0 Å². The number of likely N-dealkylation sites (tertiary alicyclic amines) is 1. The molecule has 166 valence electrons. The number of piperidine rings is 1. The van der Waals surface area contributed by atoms with E-state index >= 15 is 0 Å². The molecule has 1 saturated heterocycles. The van der Waals surface area contributed by atoms with E-state index in [0.29, 0.717) is 31.8 Å². The van der Waals surface area contributed by atoms with Crippen LogP contribution in [0.15, 0.2) is 66.7 Å². The Bertz CT molecular complexity index is 1080. The average molecular weight is 433 g/mol. The van der Waals surface area contributed by atoms with Crippen molar-refractivity contribution in [2.75, 3.05) is 33.4 Å². The van der Waals surface area contributed by atoms with Crippen molar-refractivity contribution in [2.24, 2.45) is 5.92 Å². The Kier molecular flexibility index (Phi) is 6.90. The maximum absolute atomic E-state index is 13.3. The van der Waals surface area contributed by atoms with E-state index in [-0.39, 0.29) is 17.7 Å². The molecule has 1 atom stereocenters. The maximum atomic E-state index is 13.3. The van der Waals surface area contributed by atoms with Crippen molar-refractivity contribution in [3.8, 4) is 11.5 Å². The summed E-state index contributed by atoms with van der Waals surface area (Å²) in [6.45, 7) is 1.91. The zero-order valence-electron chi connectivity index (χ0n) is 18.3. The summed E-state index contributed by atoms with van der Waals surface area (Å²) in [5, 5.41) is 4.72. The molecule has 6 heteroatoms. The molecule has 0 radical (unpaired) electrons. The molecule has 1 aliphatic heterocycles. The van der Waals surface area contributed by atoms with Crippen LogP contribution < -0.4 is 14.8 Å². The molecule has 32 heavy (non-hydrogen) atoms. The van der Waals surface area contributed by atoms with Crippen molar-refractivity contribution >= 4 is 22.6 Å². The third kappa shape index (κ3) is 4.85. The summed E-state index contributed by atoms with van der Waals surface area (Å²) in [5.41, 5.74) is 0.638. The smallest absolute Gasteiger partial charge is 0.254 e. The molecule has 2 amide bonds. The van der Waals surface area contributed by atoms with Gasteiger partial charge in [-0.05, 0) is 42.5 Å². The van der Waals surface area contributed by atoms with Gasteiger partial charge in [0.15, 0.2) is 0 Å². The molecule has 0 bridgehead atoms. The topological polar surface area (TPSA) is 67.9 Å². The molecule has 6 nitrogen and oxygen atoms in total. The van der Waals surface area contributed by atoms with Crippen LogP contribution in [0.5, 0.6) is 11.5 Å². The fraction of sp³-hybridized carbons (Fsp3) is 0.308. The monoisotopic (exact) mass is 432 g/mol. The summed E-state index contributed by atoms with van der Waals surface area (Å²) in [4.78, 5) is 27.8. The van der Waals surface area contributed by atoms with Gasteiger partial charge in [-0.3, -0.25) is 9.59 Å². The predicted molar refractivity (Wildman–Crippen MR) is 124 cm³/mol. The first-order chi connectivity index (χ1) is 15.7. The number of carbonyl (C=O) groups excluding carboxylic acids is 2. The number of methoxy groups -OCH3 is 1. The van der Waals surface area contributed by atoms with Gasteiger partial charge in [-0.2, -0.15) is 0 Å². The highest BCUT2D eigenvalue weighted by molar-refractivity contribution is 6.08. The van der Waals surface area contributed by atoms with Gasteiger partial charge < -0.3 is 19.7 Å². The first kappa shape index (κ1) is 21.7. The number of nitrogens with zero attached hydrogens (tertiary/aromatic N) is 1. The van der Waals surface area contributed by atoms with E-state index in [1.165, 1.54) is 0 Å². The molecule has 3 aromatic rings. The largest absolute Gasteiger partial charge is 0.496 e. The molecular formula is C26H28N2O4. The Morgan fingerprint density at radius 1 is 1.00 bits per heavy atom. The van der Waals surface area contributed by atoms with Gasteiger partial charge in [-0.25, -0.2) is 0 Å². The third-order valence-electron chi connectivity index (χ3n) is 5.83. The van der Waals surface area contributed by atoms with E-state index in [4.69, 9.17) is 9.47 Å². The molecule has 1 heterocycles. The van der Waals surface area contributed by atoms with Gasteiger partial charge in [0.25, 0.3) is 5.91 Å². The lowest BCUT2D eigenvalue weighted by atomic mass is 9.95. The van der Waals surface area contributed by atoms with Crippen LogP contribution in [-0.2, 0) is 4.79 Å². The zero-order chi connectivity index (χ0) is 22.3. The number of para-hydroxylation sites is 1. The number of amides is 2. The van der Waals surface area contributed by atoms with E-state index in [2.05, 4.69) is 5.32 Å². The number of fused-ring (bicyclic) bond motifs is 1. The predicted octanol–water partition coefficient (Wildman–Crippen LogP) is 3.90. The lowest BCUT2D eigenvalue weighted by Gasteiger charge is -2.32. The van der Waals surface area contributed by atoms with E-state index in [1.807, 2.05) is 66.7 Å². The van der Waals surface area contributed by atoms with Gasteiger partial charge in [0, 0.05) is 24.0 Å². The summed E-state index contributed by atoms with van der Waals surface area (Å²) in [6.07, 6.45) is 1.58. The van der Waals surface area contributed by atoms with Gasteiger partial charge >= 0.3 is 0 Å². The minimum Gasteiger partial charge on any atom is -0.496 e. The van der Waals surface area contributed by atoms with Crippen LogP contribution >= 0.6 is 0 Å². The molecule has 1 unspecified atom stereocenters. The van der Waals surface area contributed by atoms with E-state index < -0.39 is 0 Å². The summed E-state index contributed by atoms with van der Waals surface area (Å²) in [5.74, 6) is 1.23. The quantitative estimate of drug-likeness (QED) is 0.575. The Hall–Kier alpha value is -3.54. The SMILES string of the molecule is COc1ccc(C(=O)N2CCCC(C(=O)NCCOc3ccccc3)C2)c2ccccc12. The molecule has 0 saturated carbocycles. The van der Waals surface area contributed by atoms with Crippen LogP contribution in [0.25, 0.3) is 10.8 Å². The highest BCUT2D eigenvalue weighted by Gasteiger charge is 2.29. The van der Waals surface area contributed by atoms with Gasteiger partial charge in [0.05, 0.1) is 19.6 Å². The number of hydrogen-bond donors (Lipinski definition) is 1. The van der Waals surface area contributed by atoms with E-state index in [1.54, 1.807) is 12.0 Å². The molecule has 0 spiro atoms. The third-order valence-corrected chi connectivity index (χ3v) is 5.83. The second-order valence-electron chi connectivity index (χ2n) is 7.90. The minimum atomic E-state index is -0.214. The number of nitrogens with one attached hydrogen (secondary N) is 1. The van der Waals surface area contributed by atoms with E-state index in [9.17, 15) is 9.59 Å². The zero-order valence-corrected chi connectivity index (χ0v) is 18.3. The van der Waals surface area contributed by atoms with Gasteiger partial charge in [-0.1, -0.05) is 42.5 Å². The first-order valence-corrected chi connectivity index (χ1v) is 11.0. The summed E-state index contributed by atoms with van der Waals surface area (Å²) in [6, 6.07) is 20.9. The lowest BCUT2D eigenvalue weighted by molar-refractivity contribution is -0.126. The summed E-state index contributed by atoms with van der Waals surface area (Å²) >= 11 is 0. The van der Waals surface area contributed by atoms with Crippen molar-refractivity contribution in [3.05, 3.63) is 72.3 Å². The highest BCUT2D eigenvalue weighted by Crippen LogP contribution is 2.30. The Balaban J connectivity index is 1.37. The Labute approximate surface area is 188 Å². The second kappa shape index (κ2) is 10.2. The van der Waals surface area contributed by atoms with Crippen LogP contribution in [0.4, 0.5) is 0 Å². The van der Waals surface area contributed by atoms with Crippen LogP contribution in [-0.4, -0.2) is 50.1 Å². The molecule has 0 aliphatic carbocycles. The van der Waals surface area contributed by atoms with Crippen LogP contribution in [0, 0.1) is 5.92 Å². The summed E-state index contributed by atoms with van der Waals surface area (Å²) < 4.78 is 11.1. The molecule has 1 fully saturated rings. The van der Waals surface area contributed by atoms with Crippen molar-refractivity contribution in [1.82, 2.24) is 10.2 Å². The average Bonchev–Trinajstić information content (AvgIpc) is 2.86. The van der Waals surface area contributed by atoms with Gasteiger partial charge in [0.2, 0.25) is 5.91 Å².